The molecular formula is C27H21FN6. The largest absolute Gasteiger partial charge is 0.376 e. The molecule has 6 rings (SSSR count). The number of nitrogens with zero attached hydrogens (tertiary/aromatic N) is 4. The Labute approximate surface area is 195 Å². The fourth-order valence-corrected chi connectivity index (χ4v) is 4.26. The average molecular weight is 449 g/mol. The molecule has 2 N–H and O–H groups in total. The van der Waals surface area contributed by atoms with Crippen molar-refractivity contribution in [3.8, 4) is 33.8 Å². The van der Waals surface area contributed by atoms with Crippen LogP contribution in [-0.4, -0.2) is 39.2 Å². The standard InChI is InChI=1S/C27H21FN6/c1-34(2)19-10-17(13-29-14-19)24-12-22-26(15-30-24)32-33-27(22)25-11-21-20(4-3-5-23(21)31-25)16-6-8-18(28)9-7-16/h3-15,31H,1-2H3,(H,32,33). The molecule has 0 aliphatic rings. The number of halogens is 1. The fraction of sp³-hybridized carbons (Fsp3) is 0.0741. The Morgan fingerprint density at radius 2 is 1.68 bits per heavy atom. The summed E-state index contributed by atoms with van der Waals surface area (Å²) in [6.07, 6.45) is 5.45. The van der Waals surface area contributed by atoms with Gasteiger partial charge in [0.05, 0.1) is 35.0 Å². The molecule has 7 heteroatoms. The molecule has 4 heterocycles. The lowest BCUT2D eigenvalue weighted by molar-refractivity contribution is 0.628. The average Bonchev–Trinajstić information content (AvgIpc) is 3.48. The van der Waals surface area contributed by atoms with E-state index in [1.165, 1.54) is 12.1 Å². The minimum Gasteiger partial charge on any atom is -0.376 e. The summed E-state index contributed by atoms with van der Waals surface area (Å²) >= 11 is 0. The molecule has 0 radical (unpaired) electrons. The van der Waals surface area contributed by atoms with Crippen molar-refractivity contribution in [1.82, 2.24) is 25.1 Å². The van der Waals surface area contributed by atoms with Crippen LogP contribution in [-0.2, 0) is 0 Å². The van der Waals surface area contributed by atoms with Crippen molar-refractivity contribution in [2.75, 3.05) is 19.0 Å². The predicted molar refractivity (Wildman–Crippen MR) is 134 cm³/mol. The number of pyridine rings is 2. The zero-order chi connectivity index (χ0) is 23.2. The first-order chi connectivity index (χ1) is 16.6. The summed E-state index contributed by atoms with van der Waals surface area (Å²) in [5.74, 6) is -0.246. The van der Waals surface area contributed by atoms with Crippen LogP contribution in [0.1, 0.15) is 0 Å². The number of anilines is 1. The molecule has 0 spiro atoms. The molecular weight excluding hydrogens is 427 g/mol. The van der Waals surface area contributed by atoms with Crippen molar-refractivity contribution in [3.63, 3.8) is 0 Å². The lowest BCUT2D eigenvalue weighted by Crippen LogP contribution is -2.08. The number of nitrogens with one attached hydrogen (secondary N) is 2. The third-order valence-electron chi connectivity index (χ3n) is 6.06. The summed E-state index contributed by atoms with van der Waals surface area (Å²) < 4.78 is 13.4. The van der Waals surface area contributed by atoms with E-state index in [1.54, 1.807) is 18.3 Å². The lowest BCUT2D eigenvalue weighted by Gasteiger charge is -2.12. The van der Waals surface area contributed by atoms with Gasteiger partial charge in [0, 0.05) is 42.1 Å². The number of hydrogen-bond donors (Lipinski definition) is 2. The quantitative estimate of drug-likeness (QED) is 0.345. The lowest BCUT2D eigenvalue weighted by atomic mass is 10.0. The second kappa shape index (κ2) is 7.81. The molecule has 0 aliphatic carbocycles. The van der Waals surface area contributed by atoms with Gasteiger partial charge in [0.1, 0.15) is 11.5 Å². The summed E-state index contributed by atoms with van der Waals surface area (Å²) in [4.78, 5) is 14.5. The molecule has 0 aliphatic heterocycles. The normalized spacial score (nSPS) is 11.4. The van der Waals surface area contributed by atoms with Crippen LogP contribution in [0.4, 0.5) is 10.1 Å². The molecule has 2 aromatic carbocycles. The molecule has 34 heavy (non-hydrogen) atoms. The Balaban J connectivity index is 1.47. The third kappa shape index (κ3) is 3.38. The molecule has 0 fully saturated rings. The van der Waals surface area contributed by atoms with Crippen molar-refractivity contribution < 1.29 is 4.39 Å². The molecule has 0 bridgehead atoms. The van der Waals surface area contributed by atoms with Crippen LogP contribution in [0, 0.1) is 5.82 Å². The van der Waals surface area contributed by atoms with Gasteiger partial charge in [-0.15, -0.1) is 0 Å². The van der Waals surface area contributed by atoms with Crippen molar-refractivity contribution in [2.24, 2.45) is 0 Å². The first-order valence-corrected chi connectivity index (χ1v) is 10.9. The zero-order valence-electron chi connectivity index (χ0n) is 18.7. The maximum absolute atomic E-state index is 13.4. The van der Waals surface area contributed by atoms with E-state index >= 15 is 0 Å². The first-order valence-electron chi connectivity index (χ1n) is 10.9. The van der Waals surface area contributed by atoms with Crippen LogP contribution < -0.4 is 4.90 Å². The van der Waals surface area contributed by atoms with E-state index in [9.17, 15) is 4.39 Å². The second-order valence-corrected chi connectivity index (χ2v) is 8.47. The number of H-pyrrole nitrogens is 2. The molecule has 4 aromatic heterocycles. The number of rotatable bonds is 4. The molecule has 0 unspecified atom stereocenters. The second-order valence-electron chi connectivity index (χ2n) is 8.47. The Bertz CT molecular complexity index is 1650. The van der Waals surface area contributed by atoms with Crippen LogP contribution >= 0.6 is 0 Å². The molecule has 0 amide bonds. The summed E-state index contributed by atoms with van der Waals surface area (Å²) in [6, 6.07) is 18.8. The number of benzene rings is 2. The topological polar surface area (TPSA) is 73.5 Å². The summed E-state index contributed by atoms with van der Waals surface area (Å²) in [6.45, 7) is 0. The van der Waals surface area contributed by atoms with Crippen LogP contribution in [0.2, 0.25) is 0 Å². The fourth-order valence-electron chi connectivity index (χ4n) is 4.26. The maximum atomic E-state index is 13.4. The SMILES string of the molecule is CN(C)c1cncc(-c2cc3c(-c4cc5c(-c6ccc(F)cc6)cccc5[nH]4)n[nH]c3cn2)c1. The van der Waals surface area contributed by atoms with Gasteiger partial charge in [-0.1, -0.05) is 24.3 Å². The van der Waals surface area contributed by atoms with Gasteiger partial charge >= 0.3 is 0 Å². The highest BCUT2D eigenvalue weighted by Crippen LogP contribution is 2.35. The zero-order valence-corrected chi connectivity index (χ0v) is 18.7. The minimum atomic E-state index is -0.246. The summed E-state index contributed by atoms with van der Waals surface area (Å²) in [5, 5.41) is 9.70. The van der Waals surface area contributed by atoms with Crippen molar-refractivity contribution in [1.29, 1.82) is 0 Å². The molecule has 0 atom stereocenters. The monoisotopic (exact) mass is 448 g/mol. The smallest absolute Gasteiger partial charge is 0.123 e. The molecule has 0 saturated carbocycles. The van der Waals surface area contributed by atoms with E-state index in [0.717, 1.165) is 61.3 Å². The van der Waals surface area contributed by atoms with Crippen LogP contribution in [0.3, 0.4) is 0 Å². The Morgan fingerprint density at radius 3 is 2.50 bits per heavy atom. The molecule has 6 nitrogen and oxygen atoms in total. The Morgan fingerprint density at radius 1 is 0.824 bits per heavy atom. The first kappa shape index (κ1) is 20.1. The van der Waals surface area contributed by atoms with Crippen LogP contribution in [0.25, 0.3) is 55.6 Å². The minimum absolute atomic E-state index is 0.246. The van der Waals surface area contributed by atoms with Gasteiger partial charge in [-0.3, -0.25) is 15.1 Å². The summed E-state index contributed by atoms with van der Waals surface area (Å²) in [5.41, 5.74) is 8.33. The highest BCUT2D eigenvalue weighted by atomic mass is 19.1. The summed E-state index contributed by atoms with van der Waals surface area (Å²) in [7, 11) is 3.98. The predicted octanol–water partition coefficient (Wildman–Crippen LogP) is 6.04. The van der Waals surface area contributed by atoms with Gasteiger partial charge < -0.3 is 9.88 Å². The van der Waals surface area contributed by atoms with E-state index in [4.69, 9.17) is 0 Å². The number of fused-ring (bicyclic) bond motifs is 2. The van der Waals surface area contributed by atoms with E-state index in [-0.39, 0.29) is 5.82 Å². The van der Waals surface area contributed by atoms with Crippen molar-refractivity contribution >= 4 is 27.5 Å². The molecule has 0 saturated heterocycles. The molecule has 6 aromatic rings. The number of aromatic nitrogens is 5. The van der Waals surface area contributed by atoms with Crippen LogP contribution in [0.5, 0.6) is 0 Å². The Hall–Kier alpha value is -4.52. The number of hydrogen-bond acceptors (Lipinski definition) is 4. The van der Waals surface area contributed by atoms with E-state index in [1.807, 2.05) is 55.7 Å². The van der Waals surface area contributed by atoms with Crippen LogP contribution in [0.15, 0.2) is 79.3 Å². The molecule has 166 valence electrons. The van der Waals surface area contributed by atoms with Gasteiger partial charge in [0.15, 0.2) is 0 Å². The van der Waals surface area contributed by atoms with Crippen molar-refractivity contribution in [3.05, 3.63) is 85.1 Å². The Kier molecular flexibility index (Phi) is 4.62. The van der Waals surface area contributed by atoms with Gasteiger partial charge in [0.25, 0.3) is 0 Å². The van der Waals surface area contributed by atoms with Gasteiger partial charge in [-0.25, -0.2) is 4.39 Å². The van der Waals surface area contributed by atoms with E-state index < -0.39 is 0 Å². The number of aromatic amines is 2. The third-order valence-corrected chi connectivity index (χ3v) is 6.06. The highest BCUT2D eigenvalue weighted by molar-refractivity contribution is 6.01. The van der Waals surface area contributed by atoms with E-state index in [0.29, 0.717) is 0 Å². The van der Waals surface area contributed by atoms with Gasteiger partial charge in [-0.2, -0.15) is 5.10 Å². The van der Waals surface area contributed by atoms with Gasteiger partial charge in [0.2, 0.25) is 0 Å². The highest BCUT2D eigenvalue weighted by Gasteiger charge is 2.15. The van der Waals surface area contributed by atoms with Gasteiger partial charge in [-0.05, 0) is 47.5 Å². The van der Waals surface area contributed by atoms with E-state index in [2.05, 4.69) is 37.3 Å². The van der Waals surface area contributed by atoms with Crippen molar-refractivity contribution in [2.45, 2.75) is 0 Å². The maximum Gasteiger partial charge on any atom is 0.123 e.